The number of hydrogen-bond acceptors (Lipinski definition) is 8. The summed E-state index contributed by atoms with van der Waals surface area (Å²) in [6.45, 7) is -0.300. The second-order valence-electron chi connectivity index (χ2n) is 6.89. The van der Waals surface area contributed by atoms with E-state index in [0.29, 0.717) is 11.3 Å². The Morgan fingerprint density at radius 1 is 1.06 bits per heavy atom. The molecule has 35 heavy (non-hydrogen) atoms. The van der Waals surface area contributed by atoms with Crippen molar-refractivity contribution in [1.29, 1.82) is 0 Å². The zero-order chi connectivity index (χ0) is 26.2. The fourth-order valence-electron chi connectivity index (χ4n) is 2.65. The predicted octanol–water partition coefficient (Wildman–Crippen LogP) is -0.329. The van der Waals surface area contributed by atoms with Crippen LogP contribution in [0.4, 0.5) is 5.69 Å². The molecule has 0 spiro atoms. The van der Waals surface area contributed by atoms with Gasteiger partial charge >= 0.3 is 17.9 Å². The Kier molecular flexibility index (Phi) is 9.10. The molecule has 15 heteroatoms. The van der Waals surface area contributed by atoms with Crippen LogP contribution >= 0.6 is 0 Å². The molecule has 14 nitrogen and oxygen atoms in total. The fourth-order valence-corrected chi connectivity index (χ4v) is 3.65. The van der Waals surface area contributed by atoms with Gasteiger partial charge in [0.15, 0.2) is 17.5 Å². The highest BCUT2D eigenvalue weighted by molar-refractivity contribution is 7.87. The quantitative estimate of drug-likeness (QED) is 0.0938. The van der Waals surface area contributed by atoms with E-state index < -0.39 is 40.6 Å². The molecule has 0 saturated carbocycles. The third kappa shape index (κ3) is 8.58. The van der Waals surface area contributed by atoms with Crippen molar-refractivity contribution < 1.29 is 42.5 Å². The Bertz CT molecular complexity index is 1230. The van der Waals surface area contributed by atoms with Gasteiger partial charge in [-0.25, -0.2) is 9.79 Å². The minimum Gasteiger partial charge on any atom is -0.493 e. The van der Waals surface area contributed by atoms with Crippen molar-refractivity contribution in [3.05, 3.63) is 53.6 Å². The smallest absolute Gasteiger partial charge is 0.343 e. The molecule has 1 atom stereocenters. The van der Waals surface area contributed by atoms with Crippen LogP contribution < -0.4 is 30.4 Å². The number of rotatable bonds is 12. The summed E-state index contributed by atoms with van der Waals surface area (Å²) in [5, 5.41) is 17.7. The van der Waals surface area contributed by atoms with Crippen molar-refractivity contribution in [2.75, 3.05) is 7.11 Å². The SMILES string of the molecule is COc1cc(CNS(=O)(=O)N[C@@H](CC(=O)O)C(=O)O)ccc1OC(=O)c1ccc(N=C(N)N)cc1. The Hall–Kier alpha value is -4.21. The van der Waals surface area contributed by atoms with Gasteiger partial charge in [0.25, 0.3) is 10.2 Å². The Morgan fingerprint density at radius 3 is 2.26 bits per heavy atom. The van der Waals surface area contributed by atoms with Crippen LogP contribution in [0.3, 0.4) is 0 Å². The maximum Gasteiger partial charge on any atom is 0.343 e. The lowest BCUT2D eigenvalue weighted by Crippen LogP contribution is -2.47. The largest absolute Gasteiger partial charge is 0.493 e. The molecule has 2 aromatic carbocycles. The molecular weight excluding hydrogens is 486 g/mol. The van der Waals surface area contributed by atoms with E-state index in [-0.39, 0.29) is 29.6 Å². The molecule has 0 aromatic heterocycles. The Balaban J connectivity index is 2.07. The van der Waals surface area contributed by atoms with Gasteiger partial charge in [0.05, 0.1) is 24.8 Å². The van der Waals surface area contributed by atoms with Crippen LogP contribution in [0, 0.1) is 0 Å². The molecule has 0 heterocycles. The number of carboxylic acid groups (broad SMARTS) is 2. The van der Waals surface area contributed by atoms with E-state index in [1.165, 1.54) is 49.6 Å². The maximum atomic E-state index is 12.4. The summed E-state index contributed by atoms with van der Waals surface area (Å²) in [5.74, 6) is -3.78. The summed E-state index contributed by atoms with van der Waals surface area (Å²) in [6, 6.07) is 8.33. The molecule has 0 amide bonds. The highest BCUT2D eigenvalue weighted by atomic mass is 32.2. The highest BCUT2D eigenvalue weighted by Crippen LogP contribution is 2.29. The fraction of sp³-hybridized carbons (Fsp3) is 0.200. The van der Waals surface area contributed by atoms with Gasteiger partial charge in [-0.1, -0.05) is 6.07 Å². The van der Waals surface area contributed by atoms with Crippen LogP contribution in [-0.2, 0) is 26.3 Å². The topological polar surface area (TPSA) is 233 Å². The Morgan fingerprint density at radius 2 is 1.71 bits per heavy atom. The summed E-state index contributed by atoms with van der Waals surface area (Å²) in [7, 11) is -3.05. The van der Waals surface area contributed by atoms with E-state index in [1.54, 1.807) is 4.72 Å². The second kappa shape index (κ2) is 11.8. The normalized spacial score (nSPS) is 11.8. The summed E-state index contributed by atoms with van der Waals surface area (Å²) in [4.78, 5) is 38.1. The number of nitrogens with one attached hydrogen (secondary N) is 2. The average molecular weight is 509 g/mol. The van der Waals surface area contributed by atoms with E-state index in [0.717, 1.165) is 0 Å². The molecular formula is C20H23N5O9S. The standard InChI is InChI=1S/C20H23N5O9S/c1-33-16-8-11(10-23-35(31,32)25-14(18(28)29)9-17(26)27)2-7-15(16)34-19(30)12-3-5-13(6-4-12)24-20(21)22/h2-8,14,23,25H,9-10H2,1H3,(H,26,27)(H,28,29)(H4,21,22,24)/t14-/m0/s1. The van der Waals surface area contributed by atoms with Gasteiger partial charge in [-0.2, -0.15) is 17.9 Å². The molecule has 0 aliphatic carbocycles. The number of methoxy groups -OCH3 is 1. The number of benzene rings is 2. The van der Waals surface area contributed by atoms with Crippen LogP contribution in [-0.4, -0.2) is 55.6 Å². The van der Waals surface area contributed by atoms with Crippen LogP contribution in [0.2, 0.25) is 0 Å². The van der Waals surface area contributed by atoms with Gasteiger partial charge in [-0.15, -0.1) is 0 Å². The molecule has 0 radical (unpaired) electrons. The average Bonchev–Trinajstić information content (AvgIpc) is 2.77. The van der Waals surface area contributed by atoms with Crippen molar-refractivity contribution in [3.63, 3.8) is 0 Å². The number of hydrogen-bond donors (Lipinski definition) is 6. The number of esters is 1. The molecule has 8 N–H and O–H groups in total. The molecule has 0 aliphatic rings. The summed E-state index contributed by atoms with van der Waals surface area (Å²) in [5.41, 5.74) is 11.6. The molecule has 188 valence electrons. The molecule has 0 aliphatic heterocycles. The van der Waals surface area contributed by atoms with Crippen LogP contribution in [0.1, 0.15) is 22.3 Å². The molecule has 0 saturated heterocycles. The molecule has 0 fully saturated rings. The Labute approximate surface area is 199 Å². The minimum absolute atomic E-state index is 0.0583. The predicted molar refractivity (Wildman–Crippen MR) is 122 cm³/mol. The number of carboxylic acids is 2. The minimum atomic E-state index is -4.36. The number of nitrogens with two attached hydrogens (primary N) is 2. The summed E-state index contributed by atoms with van der Waals surface area (Å²) >= 11 is 0. The summed E-state index contributed by atoms with van der Waals surface area (Å²) < 4.78 is 38.6. The van der Waals surface area contributed by atoms with Crippen LogP contribution in [0.25, 0.3) is 0 Å². The molecule has 2 aromatic rings. The van der Waals surface area contributed by atoms with Crippen LogP contribution in [0.5, 0.6) is 11.5 Å². The van der Waals surface area contributed by atoms with Gasteiger partial charge in [-0.05, 0) is 42.0 Å². The number of carbonyl (C=O) groups is 3. The monoisotopic (exact) mass is 509 g/mol. The lowest BCUT2D eigenvalue weighted by molar-refractivity contribution is -0.145. The van der Waals surface area contributed by atoms with Crippen molar-refractivity contribution in [1.82, 2.24) is 9.44 Å². The van der Waals surface area contributed by atoms with Gasteiger partial charge in [0, 0.05) is 6.54 Å². The number of nitrogens with zero attached hydrogens (tertiary/aromatic N) is 1. The number of aliphatic carboxylic acids is 2. The van der Waals surface area contributed by atoms with E-state index in [2.05, 4.69) is 9.71 Å². The lowest BCUT2D eigenvalue weighted by Gasteiger charge is -2.14. The van der Waals surface area contributed by atoms with Gasteiger partial charge in [0.2, 0.25) is 0 Å². The van der Waals surface area contributed by atoms with E-state index in [4.69, 9.17) is 31.2 Å². The van der Waals surface area contributed by atoms with Gasteiger partial charge in [-0.3, -0.25) is 9.59 Å². The first-order valence-corrected chi connectivity index (χ1v) is 11.2. The number of aliphatic imine (C=N–C) groups is 1. The number of guanidine groups is 1. The second-order valence-corrected chi connectivity index (χ2v) is 8.42. The van der Waals surface area contributed by atoms with Crippen molar-refractivity contribution in [3.8, 4) is 11.5 Å². The summed E-state index contributed by atoms with van der Waals surface area (Å²) in [6.07, 6.45) is -0.943. The third-order valence-corrected chi connectivity index (χ3v) is 5.35. The van der Waals surface area contributed by atoms with E-state index in [1.807, 2.05) is 0 Å². The van der Waals surface area contributed by atoms with E-state index >= 15 is 0 Å². The third-order valence-electron chi connectivity index (χ3n) is 4.23. The van der Waals surface area contributed by atoms with Crippen LogP contribution in [0.15, 0.2) is 47.5 Å². The number of ether oxygens (including phenoxy) is 2. The zero-order valence-corrected chi connectivity index (χ0v) is 19.1. The molecule has 0 unspecified atom stereocenters. The highest BCUT2D eigenvalue weighted by Gasteiger charge is 2.26. The van der Waals surface area contributed by atoms with Gasteiger partial charge in [0.1, 0.15) is 6.04 Å². The molecule has 2 rings (SSSR count). The van der Waals surface area contributed by atoms with Crippen molar-refractivity contribution >= 4 is 39.8 Å². The zero-order valence-electron chi connectivity index (χ0n) is 18.3. The van der Waals surface area contributed by atoms with Crippen molar-refractivity contribution in [2.24, 2.45) is 16.5 Å². The van der Waals surface area contributed by atoms with Crippen molar-refractivity contribution in [2.45, 2.75) is 19.0 Å². The first-order chi connectivity index (χ1) is 16.4. The first kappa shape index (κ1) is 27.0. The van der Waals surface area contributed by atoms with E-state index in [9.17, 15) is 22.8 Å². The lowest BCUT2D eigenvalue weighted by atomic mass is 10.2. The number of carbonyl (C=O) groups excluding carboxylic acids is 1. The molecule has 0 bridgehead atoms. The maximum absolute atomic E-state index is 12.4. The van der Waals surface area contributed by atoms with Gasteiger partial charge < -0.3 is 31.2 Å². The first-order valence-electron chi connectivity index (χ1n) is 9.70.